The van der Waals surface area contributed by atoms with Crippen LogP contribution in [0.25, 0.3) is 27.5 Å². The summed E-state index contributed by atoms with van der Waals surface area (Å²) in [5.41, 5.74) is 5.73. The number of rotatable bonds is 1. The van der Waals surface area contributed by atoms with E-state index >= 15 is 0 Å². The number of aromatic nitrogens is 2. The largest absolute Gasteiger partial charge is 0.232 e. The number of hydrogen-bond acceptors (Lipinski definition) is 1. The van der Waals surface area contributed by atoms with Gasteiger partial charge in [0.05, 0.1) is 16.9 Å². The Balaban J connectivity index is 1.97. The van der Waals surface area contributed by atoms with E-state index in [9.17, 15) is 4.39 Å². The van der Waals surface area contributed by atoms with Gasteiger partial charge in [0.2, 0.25) is 0 Å². The summed E-state index contributed by atoms with van der Waals surface area (Å²) in [5.74, 6) is -0.195. The standard InChI is InChI=1S/C20H15FN2/c21-15-10-9-14-11-19(13-5-2-1-3-6-13)23-20(17(14)12-15)16-7-4-8-18(16)22-23/h1-3,5-6,9-12H,4,7-8H2. The molecular formula is C20H15FN2. The fourth-order valence-corrected chi connectivity index (χ4v) is 3.73. The van der Waals surface area contributed by atoms with Gasteiger partial charge in [0.1, 0.15) is 5.82 Å². The minimum atomic E-state index is -0.195. The quantitative estimate of drug-likeness (QED) is 0.494. The maximum absolute atomic E-state index is 13.8. The molecule has 1 aliphatic rings. The van der Waals surface area contributed by atoms with E-state index in [0.717, 1.165) is 46.8 Å². The third-order valence-corrected chi connectivity index (χ3v) is 4.77. The lowest BCUT2D eigenvalue weighted by Crippen LogP contribution is -1.97. The smallest absolute Gasteiger partial charge is 0.123 e. The maximum Gasteiger partial charge on any atom is 0.123 e. The van der Waals surface area contributed by atoms with Crippen LogP contribution in [0.2, 0.25) is 0 Å². The predicted molar refractivity (Wildman–Crippen MR) is 90.1 cm³/mol. The molecule has 4 aromatic rings. The molecule has 1 aliphatic carbocycles. The Morgan fingerprint density at radius 3 is 2.70 bits per heavy atom. The molecule has 0 aliphatic heterocycles. The molecule has 0 saturated heterocycles. The number of halogens is 1. The highest BCUT2D eigenvalue weighted by Gasteiger charge is 2.22. The molecule has 2 heterocycles. The van der Waals surface area contributed by atoms with Gasteiger partial charge in [0.15, 0.2) is 0 Å². The minimum absolute atomic E-state index is 0.195. The minimum Gasteiger partial charge on any atom is -0.232 e. The average molecular weight is 302 g/mol. The van der Waals surface area contributed by atoms with E-state index < -0.39 is 0 Å². The first kappa shape index (κ1) is 12.8. The molecule has 2 aromatic carbocycles. The lowest BCUT2D eigenvalue weighted by molar-refractivity contribution is 0.630. The van der Waals surface area contributed by atoms with Gasteiger partial charge in [-0.1, -0.05) is 36.4 Å². The Kier molecular flexibility index (Phi) is 2.60. The second-order valence-electron chi connectivity index (χ2n) is 6.17. The molecule has 2 aromatic heterocycles. The first-order chi connectivity index (χ1) is 11.3. The van der Waals surface area contributed by atoms with E-state index in [-0.39, 0.29) is 5.82 Å². The molecule has 2 nitrogen and oxygen atoms in total. The monoisotopic (exact) mass is 302 g/mol. The molecule has 0 spiro atoms. The Hall–Kier alpha value is -2.68. The van der Waals surface area contributed by atoms with Gasteiger partial charge < -0.3 is 0 Å². The van der Waals surface area contributed by atoms with Crippen LogP contribution in [0, 0.1) is 5.82 Å². The lowest BCUT2D eigenvalue weighted by Gasteiger charge is -2.10. The van der Waals surface area contributed by atoms with Crippen molar-refractivity contribution in [3.8, 4) is 11.3 Å². The number of fused-ring (bicyclic) bond motifs is 5. The Bertz CT molecular complexity index is 1050. The van der Waals surface area contributed by atoms with E-state index in [1.165, 1.54) is 17.3 Å². The average Bonchev–Trinajstić information content (AvgIpc) is 3.16. The van der Waals surface area contributed by atoms with E-state index in [1.54, 1.807) is 6.07 Å². The van der Waals surface area contributed by atoms with Gasteiger partial charge in [0.25, 0.3) is 0 Å². The molecule has 0 unspecified atom stereocenters. The van der Waals surface area contributed by atoms with Crippen LogP contribution < -0.4 is 0 Å². The lowest BCUT2D eigenvalue weighted by atomic mass is 10.0. The highest BCUT2D eigenvalue weighted by Crippen LogP contribution is 2.35. The summed E-state index contributed by atoms with van der Waals surface area (Å²) < 4.78 is 15.8. The molecule has 0 radical (unpaired) electrons. The molecule has 0 saturated carbocycles. The summed E-state index contributed by atoms with van der Waals surface area (Å²) in [5, 5.41) is 6.86. The van der Waals surface area contributed by atoms with Gasteiger partial charge in [0, 0.05) is 16.5 Å². The van der Waals surface area contributed by atoms with Gasteiger partial charge in [-0.25, -0.2) is 8.91 Å². The van der Waals surface area contributed by atoms with Crippen molar-refractivity contribution in [1.29, 1.82) is 0 Å². The van der Waals surface area contributed by atoms with Gasteiger partial charge >= 0.3 is 0 Å². The number of benzene rings is 2. The normalized spacial score (nSPS) is 13.8. The second kappa shape index (κ2) is 4.66. The third-order valence-electron chi connectivity index (χ3n) is 4.77. The van der Waals surface area contributed by atoms with Gasteiger partial charge in [-0.2, -0.15) is 5.10 Å². The highest BCUT2D eigenvalue weighted by atomic mass is 19.1. The zero-order chi connectivity index (χ0) is 15.4. The van der Waals surface area contributed by atoms with Crippen LogP contribution in [0.3, 0.4) is 0 Å². The van der Waals surface area contributed by atoms with Crippen LogP contribution in [0.4, 0.5) is 4.39 Å². The molecule has 5 rings (SSSR count). The van der Waals surface area contributed by atoms with Crippen molar-refractivity contribution < 1.29 is 4.39 Å². The van der Waals surface area contributed by atoms with E-state index in [1.807, 2.05) is 28.8 Å². The van der Waals surface area contributed by atoms with Crippen molar-refractivity contribution in [2.75, 3.05) is 0 Å². The van der Waals surface area contributed by atoms with E-state index in [4.69, 9.17) is 5.10 Å². The van der Waals surface area contributed by atoms with Crippen molar-refractivity contribution in [2.45, 2.75) is 19.3 Å². The molecule has 0 atom stereocenters. The predicted octanol–water partition coefficient (Wildman–Crippen LogP) is 4.78. The number of pyridine rings is 1. The third kappa shape index (κ3) is 1.83. The SMILES string of the molecule is Fc1ccc2cc(-c3ccccc3)n3nc4c(c3c2c1)CCC4. The molecular weight excluding hydrogens is 287 g/mol. The first-order valence-electron chi connectivity index (χ1n) is 7.99. The van der Waals surface area contributed by atoms with Crippen molar-refractivity contribution in [2.24, 2.45) is 0 Å². The molecule has 0 fully saturated rings. The number of hydrogen-bond donors (Lipinski definition) is 0. The fraction of sp³-hybridized carbons (Fsp3) is 0.150. The van der Waals surface area contributed by atoms with E-state index in [2.05, 4.69) is 18.2 Å². The summed E-state index contributed by atoms with van der Waals surface area (Å²) in [7, 11) is 0. The van der Waals surface area contributed by atoms with Crippen LogP contribution in [0.15, 0.2) is 54.6 Å². The van der Waals surface area contributed by atoms with Crippen molar-refractivity contribution >= 4 is 16.3 Å². The molecule has 0 N–H and O–H groups in total. The second-order valence-corrected chi connectivity index (χ2v) is 6.17. The molecule has 3 heteroatoms. The topological polar surface area (TPSA) is 17.3 Å². The van der Waals surface area contributed by atoms with Crippen LogP contribution in [-0.4, -0.2) is 9.61 Å². The molecule has 0 bridgehead atoms. The zero-order valence-electron chi connectivity index (χ0n) is 12.6. The Morgan fingerprint density at radius 1 is 0.957 bits per heavy atom. The Morgan fingerprint density at radius 2 is 1.83 bits per heavy atom. The fourth-order valence-electron chi connectivity index (χ4n) is 3.73. The van der Waals surface area contributed by atoms with Crippen LogP contribution in [0.1, 0.15) is 17.7 Å². The maximum atomic E-state index is 13.8. The summed E-state index contributed by atoms with van der Waals surface area (Å²) in [4.78, 5) is 0. The van der Waals surface area contributed by atoms with Crippen LogP contribution in [0.5, 0.6) is 0 Å². The van der Waals surface area contributed by atoms with Crippen LogP contribution in [-0.2, 0) is 12.8 Å². The molecule has 23 heavy (non-hydrogen) atoms. The van der Waals surface area contributed by atoms with Gasteiger partial charge in [-0.15, -0.1) is 0 Å². The van der Waals surface area contributed by atoms with Crippen molar-refractivity contribution in [3.63, 3.8) is 0 Å². The number of aryl methyl sites for hydroxylation is 2. The van der Waals surface area contributed by atoms with Gasteiger partial charge in [-0.05, 0) is 42.8 Å². The summed E-state index contributed by atoms with van der Waals surface area (Å²) in [6.45, 7) is 0. The zero-order valence-corrected chi connectivity index (χ0v) is 12.6. The van der Waals surface area contributed by atoms with Crippen LogP contribution >= 0.6 is 0 Å². The van der Waals surface area contributed by atoms with E-state index in [0.29, 0.717) is 0 Å². The summed E-state index contributed by atoms with van der Waals surface area (Å²) in [6.07, 6.45) is 3.19. The summed E-state index contributed by atoms with van der Waals surface area (Å²) in [6, 6.07) is 17.4. The first-order valence-corrected chi connectivity index (χ1v) is 7.99. The number of nitrogens with zero attached hydrogens (tertiary/aromatic N) is 2. The van der Waals surface area contributed by atoms with Crippen molar-refractivity contribution in [3.05, 3.63) is 71.7 Å². The molecule has 0 amide bonds. The summed E-state index contributed by atoms with van der Waals surface area (Å²) >= 11 is 0. The highest BCUT2D eigenvalue weighted by molar-refractivity contribution is 6.00. The Labute approximate surface area is 133 Å². The molecule has 112 valence electrons. The van der Waals surface area contributed by atoms with Crippen molar-refractivity contribution in [1.82, 2.24) is 9.61 Å². The van der Waals surface area contributed by atoms with Gasteiger partial charge in [-0.3, -0.25) is 0 Å².